The highest BCUT2D eigenvalue weighted by Crippen LogP contribution is 2.16. The number of nitrogen functional groups attached to an aromatic ring is 1. The van der Waals surface area contributed by atoms with Gasteiger partial charge in [-0.2, -0.15) is 0 Å². The second-order valence-corrected chi connectivity index (χ2v) is 4.78. The summed E-state index contributed by atoms with van der Waals surface area (Å²) in [4.78, 5) is 17.1. The fraction of sp³-hybridized carbons (Fsp3) is 0.167. The zero-order valence-electron chi connectivity index (χ0n) is 9.93. The third-order valence-corrected chi connectivity index (χ3v) is 3.62. The van der Waals surface area contributed by atoms with Gasteiger partial charge in [-0.25, -0.2) is 0 Å². The van der Waals surface area contributed by atoms with E-state index >= 15 is 0 Å². The molecule has 0 aromatic carbocycles. The van der Waals surface area contributed by atoms with E-state index in [1.165, 1.54) is 11.8 Å². The van der Waals surface area contributed by atoms with Gasteiger partial charge in [0.1, 0.15) is 0 Å². The Morgan fingerprint density at radius 2 is 2.33 bits per heavy atom. The molecule has 0 aliphatic rings. The van der Waals surface area contributed by atoms with E-state index in [1.807, 2.05) is 18.4 Å². The van der Waals surface area contributed by atoms with Crippen molar-refractivity contribution in [2.24, 2.45) is 5.84 Å². The molecule has 2 aromatic heterocycles. The number of nitrogens with two attached hydrogens (primary N) is 1. The molecule has 0 aliphatic heterocycles. The number of nitrogens with zero attached hydrogens (tertiary/aromatic N) is 1. The lowest BCUT2D eigenvalue weighted by molar-refractivity contribution is 0.0952. The summed E-state index contributed by atoms with van der Waals surface area (Å²) in [5.41, 5.74) is 4.65. The predicted octanol–water partition coefficient (Wildman–Crippen LogP) is 1.67. The molecule has 4 N–H and O–H groups in total. The summed E-state index contributed by atoms with van der Waals surface area (Å²) in [5.74, 6) is 5.17. The zero-order chi connectivity index (χ0) is 13.0. The van der Waals surface area contributed by atoms with Crippen LogP contribution in [0.3, 0.4) is 0 Å². The predicted molar refractivity (Wildman–Crippen MR) is 72.3 cm³/mol. The molecule has 0 saturated carbocycles. The minimum Gasteiger partial charge on any atom is -0.347 e. The van der Waals surface area contributed by atoms with Gasteiger partial charge in [0, 0.05) is 11.1 Å². The summed E-state index contributed by atoms with van der Waals surface area (Å²) in [7, 11) is 0. The number of amides is 1. The van der Waals surface area contributed by atoms with Crippen LogP contribution in [0.25, 0.3) is 0 Å². The first-order valence-corrected chi connectivity index (χ1v) is 6.32. The quantitative estimate of drug-likeness (QED) is 0.578. The molecule has 0 aliphatic carbocycles. The maximum atomic E-state index is 12.0. The Morgan fingerprint density at radius 1 is 1.50 bits per heavy atom. The van der Waals surface area contributed by atoms with E-state index in [2.05, 4.69) is 15.7 Å². The van der Waals surface area contributed by atoms with Crippen LogP contribution in [0.2, 0.25) is 0 Å². The van der Waals surface area contributed by atoms with Gasteiger partial charge in [-0.3, -0.25) is 15.6 Å². The lowest BCUT2D eigenvalue weighted by Gasteiger charge is -2.08. The van der Waals surface area contributed by atoms with Crippen LogP contribution >= 0.6 is 11.3 Å². The smallest absolute Gasteiger partial charge is 0.253 e. The Kier molecular flexibility index (Phi) is 3.91. The van der Waals surface area contributed by atoms with Gasteiger partial charge in [-0.15, -0.1) is 11.3 Å². The Labute approximate surface area is 109 Å². The fourth-order valence-corrected chi connectivity index (χ4v) is 2.39. The second-order valence-electron chi connectivity index (χ2n) is 3.78. The summed E-state index contributed by atoms with van der Waals surface area (Å²) >= 11 is 1.63. The van der Waals surface area contributed by atoms with Gasteiger partial charge in [0.15, 0.2) is 0 Å². The molecule has 2 aromatic rings. The molecule has 5 nitrogen and oxygen atoms in total. The van der Waals surface area contributed by atoms with E-state index in [-0.39, 0.29) is 5.91 Å². The SMILES string of the molecule is Cc1ccsc1CNC(=O)c1ccncc1NN. The van der Waals surface area contributed by atoms with Crippen LogP contribution in [0.15, 0.2) is 29.9 Å². The number of hydrazine groups is 1. The molecule has 0 bridgehead atoms. The minimum absolute atomic E-state index is 0.168. The molecule has 0 unspecified atom stereocenters. The number of carbonyl (C=O) groups excluding carboxylic acids is 1. The summed E-state index contributed by atoms with van der Waals surface area (Å²) in [6, 6.07) is 3.66. The van der Waals surface area contributed by atoms with Crippen LogP contribution in [0, 0.1) is 6.92 Å². The van der Waals surface area contributed by atoms with E-state index in [9.17, 15) is 4.79 Å². The van der Waals surface area contributed by atoms with Crippen molar-refractivity contribution in [3.8, 4) is 0 Å². The van der Waals surface area contributed by atoms with Crippen LogP contribution in [-0.4, -0.2) is 10.9 Å². The van der Waals surface area contributed by atoms with E-state index in [0.717, 1.165) is 4.88 Å². The average molecular weight is 262 g/mol. The van der Waals surface area contributed by atoms with Crippen LogP contribution in [-0.2, 0) is 6.54 Å². The molecule has 0 fully saturated rings. The van der Waals surface area contributed by atoms with Crippen molar-refractivity contribution in [1.82, 2.24) is 10.3 Å². The van der Waals surface area contributed by atoms with Gasteiger partial charge >= 0.3 is 0 Å². The Morgan fingerprint density at radius 3 is 3.00 bits per heavy atom. The summed E-state index contributed by atoms with van der Waals surface area (Å²) in [6.45, 7) is 2.55. The van der Waals surface area contributed by atoms with Gasteiger partial charge in [-0.05, 0) is 30.0 Å². The number of thiophene rings is 1. The lowest BCUT2D eigenvalue weighted by atomic mass is 10.2. The number of hydrogen-bond donors (Lipinski definition) is 3. The molecule has 2 heterocycles. The molecule has 1 amide bonds. The van der Waals surface area contributed by atoms with Crippen LogP contribution in [0.1, 0.15) is 20.8 Å². The number of pyridine rings is 1. The maximum absolute atomic E-state index is 12.0. The van der Waals surface area contributed by atoms with Crippen molar-refractivity contribution >= 4 is 22.9 Å². The van der Waals surface area contributed by atoms with Crippen molar-refractivity contribution in [3.63, 3.8) is 0 Å². The van der Waals surface area contributed by atoms with Gasteiger partial charge in [-0.1, -0.05) is 0 Å². The first kappa shape index (κ1) is 12.5. The van der Waals surface area contributed by atoms with Crippen molar-refractivity contribution in [1.29, 1.82) is 0 Å². The highest BCUT2D eigenvalue weighted by molar-refractivity contribution is 7.10. The molecular weight excluding hydrogens is 248 g/mol. The molecule has 94 valence electrons. The van der Waals surface area contributed by atoms with Crippen molar-refractivity contribution < 1.29 is 4.79 Å². The molecule has 18 heavy (non-hydrogen) atoms. The average Bonchev–Trinajstić information content (AvgIpc) is 2.81. The standard InChI is InChI=1S/C12H14N4OS/c1-8-3-5-18-11(8)7-15-12(17)9-2-4-14-6-10(9)16-13/h2-6,16H,7,13H2,1H3,(H,15,17). The summed E-state index contributed by atoms with van der Waals surface area (Å²) < 4.78 is 0. The summed E-state index contributed by atoms with van der Waals surface area (Å²) in [6.07, 6.45) is 3.08. The largest absolute Gasteiger partial charge is 0.347 e. The number of aromatic nitrogens is 1. The summed E-state index contributed by atoms with van der Waals surface area (Å²) in [5, 5.41) is 4.88. The minimum atomic E-state index is -0.168. The molecular formula is C12H14N4OS. The van der Waals surface area contributed by atoms with Crippen LogP contribution in [0.4, 0.5) is 5.69 Å². The normalized spacial score (nSPS) is 10.1. The first-order chi connectivity index (χ1) is 8.72. The number of rotatable bonds is 4. The molecule has 0 atom stereocenters. The lowest BCUT2D eigenvalue weighted by Crippen LogP contribution is -2.24. The topological polar surface area (TPSA) is 80.0 Å². The van der Waals surface area contributed by atoms with E-state index in [4.69, 9.17) is 5.84 Å². The molecule has 6 heteroatoms. The monoisotopic (exact) mass is 262 g/mol. The highest BCUT2D eigenvalue weighted by Gasteiger charge is 2.11. The Hall–Kier alpha value is -1.92. The number of nitrogens with one attached hydrogen (secondary N) is 2. The van der Waals surface area contributed by atoms with E-state index in [1.54, 1.807) is 23.6 Å². The van der Waals surface area contributed by atoms with Gasteiger partial charge in [0.05, 0.1) is 24.0 Å². The third-order valence-electron chi connectivity index (χ3n) is 2.60. The van der Waals surface area contributed by atoms with Gasteiger partial charge < -0.3 is 10.7 Å². The number of hydrogen-bond acceptors (Lipinski definition) is 5. The number of aryl methyl sites for hydroxylation is 1. The maximum Gasteiger partial charge on any atom is 0.253 e. The number of carbonyl (C=O) groups is 1. The molecule has 0 spiro atoms. The molecule has 2 rings (SSSR count). The van der Waals surface area contributed by atoms with Gasteiger partial charge in [0.25, 0.3) is 5.91 Å². The van der Waals surface area contributed by atoms with E-state index in [0.29, 0.717) is 17.8 Å². The van der Waals surface area contributed by atoms with Crippen LogP contribution in [0.5, 0.6) is 0 Å². The molecule has 0 radical (unpaired) electrons. The zero-order valence-corrected chi connectivity index (χ0v) is 10.8. The van der Waals surface area contributed by atoms with Crippen molar-refractivity contribution in [2.75, 3.05) is 5.43 Å². The Balaban J connectivity index is 2.06. The third kappa shape index (κ3) is 2.66. The number of anilines is 1. The van der Waals surface area contributed by atoms with Crippen molar-refractivity contribution in [2.45, 2.75) is 13.5 Å². The van der Waals surface area contributed by atoms with Gasteiger partial charge in [0.2, 0.25) is 0 Å². The van der Waals surface area contributed by atoms with E-state index < -0.39 is 0 Å². The molecule has 0 saturated heterocycles. The second kappa shape index (κ2) is 5.61. The Bertz CT molecular complexity index is 553. The van der Waals surface area contributed by atoms with Crippen molar-refractivity contribution in [3.05, 3.63) is 45.9 Å². The van der Waals surface area contributed by atoms with Crippen LogP contribution < -0.4 is 16.6 Å². The highest BCUT2D eigenvalue weighted by atomic mass is 32.1. The fourth-order valence-electron chi connectivity index (χ4n) is 1.55. The first-order valence-electron chi connectivity index (χ1n) is 5.44.